The standard InChI is InChI=1S/C19H28N2O2S2/c1-13-10-14(2)19(15(3)11-13)21-18(23)12-20-17(22)7-5-4-6-16-8-9-24-25-16/h10-11,16H,4-9,12H2,1-3H3,(H,20,22)(H,21,23). The second kappa shape index (κ2) is 10.1. The van der Waals surface area contributed by atoms with Crippen LogP contribution >= 0.6 is 21.6 Å². The molecule has 0 aliphatic carbocycles. The van der Waals surface area contributed by atoms with Crippen LogP contribution in [0.15, 0.2) is 12.1 Å². The number of carbonyl (C=O) groups excluding carboxylic acids is 2. The van der Waals surface area contributed by atoms with Crippen molar-refractivity contribution in [2.24, 2.45) is 0 Å². The third-order valence-corrected chi connectivity index (χ3v) is 7.30. The van der Waals surface area contributed by atoms with Gasteiger partial charge >= 0.3 is 0 Å². The van der Waals surface area contributed by atoms with Crippen LogP contribution in [0.4, 0.5) is 5.69 Å². The molecular weight excluding hydrogens is 352 g/mol. The highest BCUT2D eigenvalue weighted by atomic mass is 33.1. The van der Waals surface area contributed by atoms with E-state index in [1.54, 1.807) is 0 Å². The number of anilines is 1. The van der Waals surface area contributed by atoms with Crippen molar-refractivity contribution in [3.63, 3.8) is 0 Å². The molecule has 0 saturated carbocycles. The van der Waals surface area contributed by atoms with Gasteiger partial charge in [0.05, 0.1) is 6.54 Å². The maximum atomic E-state index is 12.1. The molecule has 1 heterocycles. The molecule has 4 nitrogen and oxygen atoms in total. The highest BCUT2D eigenvalue weighted by Crippen LogP contribution is 2.39. The van der Waals surface area contributed by atoms with Gasteiger partial charge in [0.25, 0.3) is 0 Å². The second-order valence-corrected chi connectivity index (χ2v) is 9.46. The van der Waals surface area contributed by atoms with Gasteiger partial charge in [0.2, 0.25) is 11.8 Å². The van der Waals surface area contributed by atoms with E-state index in [4.69, 9.17) is 0 Å². The molecule has 138 valence electrons. The molecule has 1 aliphatic heterocycles. The zero-order valence-corrected chi connectivity index (χ0v) is 16.9. The molecule has 1 aromatic rings. The van der Waals surface area contributed by atoms with Crippen LogP contribution < -0.4 is 10.6 Å². The van der Waals surface area contributed by atoms with Crippen LogP contribution in [0.2, 0.25) is 0 Å². The van der Waals surface area contributed by atoms with Crippen LogP contribution in [0.25, 0.3) is 0 Å². The molecule has 1 aromatic carbocycles. The smallest absolute Gasteiger partial charge is 0.243 e. The summed E-state index contributed by atoms with van der Waals surface area (Å²) >= 11 is 0. The quantitative estimate of drug-likeness (QED) is 0.519. The van der Waals surface area contributed by atoms with Crippen LogP contribution in [-0.4, -0.2) is 29.4 Å². The zero-order valence-electron chi connectivity index (χ0n) is 15.3. The minimum absolute atomic E-state index is 0.0285. The van der Waals surface area contributed by atoms with E-state index >= 15 is 0 Å². The van der Waals surface area contributed by atoms with E-state index in [0.29, 0.717) is 6.42 Å². The van der Waals surface area contributed by atoms with Gasteiger partial charge in [0, 0.05) is 23.1 Å². The molecule has 1 saturated heterocycles. The SMILES string of the molecule is Cc1cc(C)c(NC(=O)CNC(=O)CCCCC2CCSS2)c(C)c1. The van der Waals surface area contributed by atoms with Crippen LogP contribution in [0, 0.1) is 20.8 Å². The van der Waals surface area contributed by atoms with Crippen LogP contribution in [0.1, 0.15) is 48.8 Å². The Kier molecular flexibility index (Phi) is 8.16. The van der Waals surface area contributed by atoms with Gasteiger partial charge in [-0.25, -0.2) is 0 Å². The van der Waals surface area contributed by atoms with Crippen molar-refractivity contribution in [3.8, 4) is 0 Å². The summed E-state index contributed by atoms with van der Waals surface area (Å²) in [5, 5.41) is 6.39. The van der Waals surface area contributed by atoms with Gasteiger partial charge < -0.3 is 10.6 Å². The minimum atomic E-state index is -0.178. The van der Waals surface area contributed by atoms with Crippen molar-refractivity contribution in [3.05, 3.63) is 28.8 Å². The maximum absolute atomic E-state index is 12.1. The van der Waals surface area contributed by atoms with Crippen LogP contribution in [0.5, 0.6) is 0 Å². The van der Waals surface area contributed by atoms with Gasteiger partial charge in [-0.05, 0) is 51.2 Å². The lowest BCUT2D eigenvalue weighted by Gasteiger charge is -2.13. The minimum Gasteiger partial charge on any atom is -0.347 e. The summed E-state index contributed by atoms with van der Waals surface area (Å²) in [6.07, 6.45) is 4.96. The first-order valence-electron chi connectivity index (χ1n) is 8.88. The third-order valence-electron chi connectivity index (χ3n) is 4.29. The third kappa shape index (κ3) is 6.94. The van der Waals surface area contributed by atoms with Crippen molar-refractivity contribution in [1.82, 2.24) is 5.32 Å². The molecular formula is C19H28N2O2S2. The molecule has 25 heavy (non-hydrogen) atoms. The van der Waals surface area contributed by atoms with E-state index in [1.165, 1.54) is 24.2 Å². The van der Waals surface area contributed by atoms with E-state index in [1.807, 2.05) is 54.5 Å². The normalized spacial score (nSPS) is 16.7. The molecule has 1 fully saturated rings. The Morgan fingerprint density at radius 1 is 1.12 bits per heavy atom. The Labute approximate surface area is 158 Å². The monoisotopic (exact) mass is 380 g/mol. The Hall–Kier alpha value is -1.14. The molecule has 6 heteroatoms. The van der Waals surface area contributed by atoms with E-state index < -0.39 is 0 Å². The molecule has 2 rings (SSSR count). The van der Waals surface area contributed by atoms with Crippen molar-refractivity contribution in [1.29, 1.82) is 0 Å². The molecule has 2 amide bonds. The Bertz CT molecular complexity index is 590. The van der Waals surface area contributed by atoms with Gasteiger partial charge in [-0.1, -0.05) is 45.7 Å². The van der Waals surface area contributed by atoms with Crippen molar-refractivity contribution in [2.45, 2.75) is 58.1 Å². The number of rotatable bonds is 8. The number of benzene rings is 1. The number of nitrogens with one attached hydrogen (secondary N) is 2. The number of aryl methyl sites for hydroxylation is 3. The molecule has 0 radical (unpaired) electrons. The number of hydrogen-bond acceptors (Lipinski definition) is 4. The van der Waals surface area contributed by atoms with Crippen LogP contribution in [0.3, 0.4) is 0 Å². The first kappa shape index (κ1) is 20.2. The lowest BCUT2D eigenvalue weighted by molar-refractivity contribution is -0.124. The van der Waals surface area contributed by atoms with E-state index in [-0.39, 0.29) is 18.4 Å². The number of amides is 2. The molecule has 0 aromatic heterocycles. The van der Waals surface area contributed by atoms with Crippen molar-refractivity contribution < 1.29 is 9.59 Å². The number of hydrogen-bond donors (Lipinski definition) is 2. The summed E-state index contributed by atoms with van der Waals surface area (Å²) in [4.78, 5) is 24.0. The zero-order chi connectivity index (χ0) is 18.2. The van der Waals surface area contributed by atoms with E-state index in [9.17, 15) is 9.59 Å². The fraction of sp³-hybridized carbons (Fsp3) is 0.579. The summed E-state index contributed by atoms with van der Waals surface area (Å²) in [6, 6.07) is 4.09. The predicted molar refractivity (Wildman–Crippen MR) is 109 cm³/mol. The lowest BCUT2D eigenvalue weighted by Crippen LogP contribution is -2.33. The highest BCUT2D eigenvalue weighted by Gasteiger charge is 2.16. The molecule has 1 aliphatic rings. The van der Waals surface area contributed by atoms with Crippen molar-refractivity contribution >= 4 is 39.1 Å². The van der Waals surface area contributed by atoms with Crippen LogP contribution in [-0.2, 0) is 9.59 Å². The van der Waals surface area contributed by atoms with Gasteiger partial charge in [0.15, 0.2) is 0 Å². The first-order valence-corrected chi connectivity index (χ1v) is 11.3. The first-order chi connectivity index (χ1) is 12.0. The summed E-state index contributed by atoms with van der Waals surface area (Å²) in [5.74, 6) is 1.04. The number of carbonyl (C=O) groups is 2. The number of unbranched alkanes of at least 4 members (excludes halogenated alkanes) is 1. The maximum Gasteiger partial charge on any atom is 0.243 e. The van der Waals surface area contributed by atoms with Gasteiger partial charge in [-0.3, -0.25) is 9.59 Å². The molecule has 0 spiro atoms. The van der Waals surface area contributed by atoms with Crippen molar-refractivity contribution in [2.75, 3.05) is 17.6 Å². The van der Waals surface area contributed by atoms with Gasteiger partial charge in [-0.15, -0.1) is 0 Å². The molecule has 1 atom stereocenters. The second-order valence-electron chi connectivity index (χ2n) is 6.67. The Morgan fingerprint density at radius 2 is 1.84 bits per heavy atom. The fourth-order valence-electron chi connectivity index (χ4n) is 3.05. The molecule has 0 bridgehead atoms. The van der Waals surface area contributed by atoms with E-state index in [2.05, 4.69) is 10.6 Å². The predicted octanol–water partition coefficient (Wildman–Crippen LogP) is 4.38. The van der Waals surface area contributed by atoms with Gasteiger partial charge in [0.1, 0.15) is 0 Å². The van der Waals surface area contributed by atoms with Gasteiger partial charge in [-0.2, -0.15) is 0 Å². The Morgan fingerprint density at radius 3 is 2.48 bits per heavy atom. The summed E-state index contributed by atoms with van der Waals surface area (Å²) < 4.78 is 0. The average molecular weight is 381 g/mol. The topological polar surface area (TPSA) is 58.2 Å². The fourth-order valence-corrected chi connectivity index (χ4v) is 6.08. The van der Waals surface area contributed by atoms with E-state index in [0.717, 1.165) is 34.9 Å². The Balaban J connectivity index is 1.64. The summed E-state index contributed by atoms with van der Waals surface area (Å²) in [5.41, 5.74) is 4.10. The summed E-state index contributed by atoms with van der Waals surface area (Å²) in [6.45, 7) is 6.03. The largest absolute Gasteiger partial charge is 0.347 e. The summed E-state index contributed by atoms with van der Waals surface area (Å²) in [7, 11) is 3.94. The highest BCUT2D eigenvalue weighted by molar-refractivity contribution is 8.77. The lowest BCUT2D eigenvalue weighted by atomic mass is 10.1. The average Bonchev–Trinajstić information content (AvgIpc) is 3.06. The molecule has 1 unspecified atom stereocenters. The molecule has 2 N–H and O–H groups in total.